The lowest BCUT2D eigenvalue weighted by Crippen LogP contribution is -2.53. The van der Waals surface area contributed by atoms with Crippen molar-refractivity contribution in [1.82, 2.24) is 4.90 Å². The molecule has 3 heterocycles. The third kappa shape index (κ3) is 2.80. The van der Waals surface area contributed by atoms with Crippen LogP contribution in [-0.2, 0) is 15.1 Å². The second kappa shape index (κ2) is 6.68. The summed E-state index contributed by atoms with van der Waals surface area (Å²) in [5.41, 5.74) is 6.57. The topological polar surface area (TPSA) is 77.2 Å². The summed E-state index contributed by atoms with van der Waals surface area (Å²) < 4.78 is 25.6. The summed E-state index contributed by atoms with van der Waals surface area (Å²) in [6.07, 6.45) is 1.75. The van der Waals surface area contributed by atoms with Crippen LogP contribution in [0.2, 0.25) is 5.02 Å². The lowest BCUT2D eigenvalue weighted by molar-refractivity contribution is -0.137. The van der Waals surface area contributed by atoms with Gasteiger partial charge >= 0.3 is 0 Å². The van der Waals surface area contributed by atoms with Crippen molar-refractivity contribution in [1.29, 1.82) is 0 Å². The maximum atomic E-state index is 13.6. The van der Waals surface area contributed by atoms with Gasteiger partial charge < -0.3 is 15.2 Å². The second-order valence-corrected chi connectivity index (χ2v) is 8.52. The molecule has 3 aliphatic rings. The molecule has 1 unspecified atom stereocenters. The summed E-state index contributed by atoms with van der Waals surface area (Å²) in [7, 11) is 1.63. The average Bonchev–Trinajstić information content (AvgIpc) is 2.94. The van der Waals surface area contributed by atoms with Crippen molar-refractivity contribution in [2.75, 3.05) is 20.3 Å². The van der Waals surface area contributed by atoms with Crippen LogP contribution < -0.4 is 10.5 Å². The number of halogens is 2. The molecule has 6 nitrogen and oxygen atoms in total. The van der Waals surface area contributed by atoms with Crippen LogP contribution in [0.25, 0.3) is 11.1 Å². The van der Waals surface area contributed by atoms with Crippen LogP contribution in [0.3, 0.4) is 0 Å². The zero-order valence-corrected chi connectivity index (χ0v) is 17.2. The van der Waals surface area contributed by atoms with E-state index in [0.29, 0.717) is 43.8 Å². The van der Waals surface area contributed by atoms with Gasteiger partial charge in [-0.05, 0) is 35.4 Å². The number of carbonyl (C=O) groups excluding carboxylic acids is 1. The smallest absolute Gasteiger partial charge is 0.261 e. The summed E-state index contributed by atoms with van der Waals surface area (Å²) in [4.78, 5) is 19.5. The molecule has 0 saturated carbocycles. The Morgan fingerprint density at radius 1 is 1.17 bits per heavy atom. The number of nitrogens with zero attached hydrogens (tertiary/aromatic N) is 2. The molecule has 1 fully saturated rings. The fourth-order valence-electron chi connectivity index (χ4n) is 4.64. The monoisotopic (exact) mass is 429 g/mol. The van der Waals surface area contributed by atoms with E-state index < -0.39 is 17.0 Å². The Balaban J connectivity index is 1.68. The Morgan fingerprint density at radius 2 is 1.87 bits per heavy atom. The molecule has 2 aromatic rings. The van der Waals surface area contributed by atoms with Crippen molar-refractivity contribution in [2.45, 2.75) is 30.4 Å². The van der Waals surface area contributed by atoms with Gasteiger partial charge in [-0.25, -0.2) is 9.38 Å². The Kier molecular flexibility index (Phi) is 4.31. The van der Waals surface area contributed by atoms with Crippen LogP contribution in [0.5, 0.6) is 5.75 Å². The van der Waals surface area contributed by atoms with E-state index in [9.17, 15) is 9.18 Å². The minimum absolute atomic E-state index is 0.0382. The molecule has 1 amide bonds. The molecule has 1 saturated heterocycles. The number of carbonyl (C=O) groups is 1. The summed E-state index contributed by atoms with van der Waals surface area (Å²) in [6, 6.07) is 10.1. The Bertz CT molecular complexity index is 1080. The number of aliphatic imine (C=N–C) groups is 1. The van der Waals surface area contributed by atoms with Crippen LogP contribution in [-0.4, -0.2) is 42.6 Å². The highest BCUT2D eigenvalue weighted by molar-refractivity contribution is 6.31. The van der Waals surface area contributed by atoms with Crippen LogP contribution >= 0.6 is 11.6 Å². The van der Waals surface area contributed by atoms with Gasteiger partial charge in [-0.3, -0.25) is 9.69 Å². The Morgan fingerprint density at radius 3 is 2.53 bits per heavy atom. The fourth-order valence-corrected chi connectivity index (χ4v) is 4.82. The van der Waals surface area contributed by atoms with Gasteiger partial charge in [0.15, 0.2) is 11.5 Å². The predicted octanol–water partition coefficient (Wildman–Crippen LogP) is 3.46. The Labute approximate surface area is 178 Å². The molecule has 0 radical (unpaired) electrons. The zero-order valence-electron chi connectivity index (χ0n) is 16.5. The highest BCUT2D eigenvalue weighted by Gasteiger charge is 2.58. The number of fused-ring (bicyclic) bond motifs is 2. The van der Waals surface area contributed by atoms with Gasteiger partial charge in [-0.2, -0.15) is 0 Å². The fraction of sp³-hybridized carbons (Fsp3) is 0.364. The first kappa shape index (κ1) is 19.3. The molecule has 1 atom stereocenters. The molecule has 2 aromatic carbocycles. The lowest BCUT2D eigenvalue weighted by Gasteiger charge is -2.46. The SMILES string of the molecule is CN1C(=O)C2(CC3(CCOCC3)Oc3ccc(-c4ccc(F)c(Cl)c4)cc32)N=C1N. The number of nitrogens with two attached hydrogens (primary N) is 1. The zero-order chi connectivity index (χ0) is 21.1. The first-order chi connectivity index (χ1) is 14.3. The van der Waals surface area contributed by atoms with Crippen LogP contribution in [0.4, 0.5) is 4.39 Å². The molecule has 0 bridgehead atoms. The largest absolute Gasteiger partial charge is 0.487 e. The summed E-state index contributed by atoms with van der Waals surface area (Å²) in [5, 5.41) is 0.0382. The average molecular weight is 430 g/mol. The quantitative estimate of drug-likeness (QED) is 0.753. The number of hydrogen-bond donors (Lipinski definition) is 1. The van der Waals surface area contributed by atoms with Crippen LogP contribution in [0.1, 0.15) is 24.8 Å². The molecule has 0 aromatic heterocycles. The molecule has 8 heteroatoms. The van der Waals surface area contributed by atoms with Gasteiger partial charge in [-0.15, -0.1) is 0 Å². The highest BCUT2D eigenvalue weighted by atomic mass is 35.5. The van der Waals surface area contributed by atoms with Gasteiger partial charge in [-0.1, -0.05) is 23.7 Å². The van der Waals surface area contributed by atoms with E-state index in [4.69, 9.17) is 26.8 Å². The molecule has 156 valence electrons. The number of benzene rings is 2. The normalized spacial score (nSPS) is 24.7. The van der Waals surface area contributed by atoms with Gasteiger partial charge in [0.1, 0.15) is 17.2 Å². The van der Waals surface area contributed by atoms with Crippen molar-refractivity contribution >= 4 is 23.5 Å². The predicted molar refractivity (Wildman–Crippen MR) is 111 cm³/mol. The molecular formula is C22H21ClFN3O3. The van der Waals surface area contributed by atoms with E-state index in [1.807, 2.05) is 18.2 Å². The van der Waals surface area contributed by atoms with Crippen molar-refractivity contribution in [3.63, 3.8) is 0 Å². The molecular weight excluding hydrogens is 409 g/mol. The van der Waals surface area contributed by atoms with E-state index >= 15 is 0 Å². The van der Waals surface area contributed by atoms with E-state index in [1.165, 1.54) is 11.0 Å². The van der Waals surface area contributed by atoms with Crippen molar-refractivity contribution in [2.24, 2.45) is 10.7 Å². The summed E-state index contributed by atoms with van der Waals surface area (Å²) in [6.45, 7) is 1.14. The van der Waals surface area contributed by atoms with Crippen molar-refractivity contribution in [3.05, 3.63) is 52.8 Å². The summed E-state index contributed by atoms with van der Waals surface area (Å²) >= 11 is 5.98. The summed E-state index contributed by atoms with van der Waals surface area (Å²) in [5.74, 6) is 0.139. The minimum Gasteiger partial charge on any atom is -0.487 e. The van der Waals surface area contributed by atoms with Crippen molar-refractivity contribution < 1.29 is 18.7 Å². The molecule has 5 rings (SSSR count). The number of likely N-dealkylation sites (N-methyl/N-ethyl adjacent to an activating group) is 1. The molecule has 3 aliphatic heterocycles. The van der Waals surface area contributed by atoms with Gasteiger partial charge in [0, 0.05) is 31.9 Å². The molecule has 0 aliphatic carbocycles. The van der Waals surface area contributed by atoms with E-state index in [-0.39, 0.29) is 16.9 Å². The first-order valence-electron chi connectivity index (χ1n) is 9.84. The number of guanidine groups is 1. The third-order valence-electron chi connectivity index (χ3n) is 6.29. The third-order valence-corrected chi connectivity index (χ3v) is 6.58. The minimum atomic E-state index is -1.15. The van der Waals surface area contributed by atoms with Crippen LogP contribution in [0.15, 0.2) is 41.4 Å². The van der Waals surface area contributed by atoms with E-state index in [0.717, 1.165) is 11.1 Å². The Hall–Kier alpha value is -2.64. The lowest BCUT2D eigenvalue weighted by atomic mass is 9.73. The molecule has 2 N–H and O–H groups in total. The van der Waals surface area contributed by atoms with Crippen LogP contribution in [0, 0.1) is 5.82 Å². The van der Waals surface area contributed by atoms with E-state index in [2.05, 4.69) is 4.99 Å². The number of amides is 1. The number of ether oxygens (including phenoxy) is 2. The number of hydrogen-bond acceptors (Lipinski definition) is 5. The number of rotatable bonds is 1. The second-order valence-electron chi connectivity index (χ2n) is 8.11. The van der Waals surface area contributed by atoms with E-state index in [1.54, 1.807) is 19.2 Å². The van der Waals surface area contributed by atoms with Gasteiger partial charge in [0.25, 0.3) is 5.91 Å². The molecule has 30 heavy (non-hydrogen) atoms. The maximum absolute atomic E-state index is 13.6. The van der Waals surface area contributed by atoms with Crippen molar-refractivity contribution in [3.8, 4) is 16.9 Å². The molecule has 2 spiro atoms. The highest BCUT2D eigenvalue weighted by Crippen LogP contribution is 2.52. The maximum Gasteiger partial charge on any atom is 0.261 e. The van der Waals surface area contributed by atoms with Gasteiger partial charge in [0.2, 0.25) is 0 Å². The van der Waals surface area contributed by atoms with Gasteiger partial charge in [0.05, 0.1) is 18.2 Å². The standard InChI is InChI=1S/C22H21ClFN3O3/c1-27-19(28)22(26-20(27)25)12-21(6-8-29-9-7-21)30-18-5-3-13(10-15(18)22)14-2-4-17(24)16(23)11-14/h2-5,10-11H,6-9,12H2,1H3,(H2,25,26). The first-order valence-corrected chi connectivity index (χ1v) is 10.2.